The van der Waals surface area contributed by atoms with Crippen molar-refractivity contribution in [2.24, 2.45) is 5.16 Å². The minimum atomic E-state index is -4.40. The van der Waals surface area contributed by atoms with Crippen molar-refractivity contribution in [1.29, 1.82) is 4.78 Å². The minimum absolute atomic E-state index is 0.00345. The maximum Gasteiger partial charge on any atom is 0.417 e. The average Bonchev–Trinajstić information content (AvgIpc) is 2.26. The third kappa shape index (κ3) is 6.66. The Morgan fingerprint density at radius 3 is 2.30 bits per heavy atom. The quantitative estimate of drug-likeness (QED) is 0.635. The maximum absolute atomic E-state index is 12.7. The van der Waals surface area contributed by atoms with Crippen LogP contribution in [0, 0.1) is 4.78 Å². The van der Waals surface area contributed by atoms with Crippen LogP contribution in [0.25, 0.3) is 0 Å². The smallest absolute Gasteiger partial charge is 0.399 e. The molecule has 0 aromatic heterocycles. The summed E-state index contributed by atoms with van der Waals surface area (Å²) in [5.41, 5.74) is -0.547. The largest absolute Gasteiger partial charge is 0.417 e. The molecule has 0 saturated heterocycles. The summed E-state index contributed by atoms with van der Waals surface area (Å²) in [6.07, 6.45) is -4.40. The summed E-state index contributed by atoms with van der Waals surface area (Å²) in [4.78, 5) is 4.47. The van der Waals surface area contributed by atoms with Gasteiger partial charge in [0.05, 0.1) is 11.3 Å². The molecule has 1 aromatic rings. The molecule has 5 nitrogen and oxygen atoms in total. The molecule has 0 aliphatic heterocycles. The van der Waals surface area contributed by atoms with E-state index in [2.05, 4.69) is 25.9 Å². The zero-order chi connectivity index (χ0) is 15.9. The second-order valence-corrected chi connectivity index (χ2v) is 4.67. The lowest BCUT2D eigenvalue weighted by Gasteiger charge is -2.12. The van der Waals surface area contributed by atoms with Crippen LogP contribution < -0.4 is 0 Å². The first-order valence-corrected chi connectivity index (χ1v) is 6.71. The van der Waals surface area contributed by atoms with E-state index in [0.717, 1.165) is 6.07 Å². The second kappa shape index (κ2) is 8.00. The van der Waals surface area contributed by atoms with Gasteiger partial charge in [-0.1, -0.05) is 21.1 Å². The second-order valence-electron chi connectivity index (χ2n) is 3.28. The van der Waals surface area contributed by atoms with Crippen LogP contribution >= 0.6 is 15.9 Å². The van der Waals surface area contributed by atoms with E-state index in [9.17, 15) is 13.2 Å². The zero-order valence-electron chi connectivity index (χ0n) is 10.3. The molecule has 1 N–H and O–H groups in total. The molecule has 10 heteroatoms. The molecule has 0 spiro atoms. The van der Waals surface area contributed by atoms with Crippen LogP contribution in [0.1, 0.15) is 18.1 Å². The standard InChI is InChI=1S/C10H9BrF3NO.HNO2S/c1-6(15-16-2)8-5-7(11)3-4-9(8)10(12,13)14;1-4(2)3/h3-5H,1-2H3;1H/b15-6+;. The number of hydrogen-bond donors (Lipinski definition) is 1. The molecular formula is C10H10BrF3N2O3S. The molecule has 0 atom stereocenters. The van der Waals surface area contributed by atoms with Crippen molar-refractivity contribution in [1.82, 2.24) is 0 Å². The van der Waals surface area contributed by atoms with E-state index in [1.807, 2.05) is 0 Å². The van der Waals surface area contributed by atoms with Crippen LogP contribution in [-0.4, -0.2) is 21.2 Å². The highest BCUT2D eigenvalue weighted by atomic mass is 79.9. The summed E-state index contributed by atoms with van der Waals surface area (Å²) in [5.74, 6) is 0. The van der Waals surface area contributed by atoms with E-state index in [0.29, 0.717) is 4.47 Å². The minimum Gasteiger partial charge on any atom is -0.399 e. The Morgan fingerprint density at radius 1 is 1.40 bits per heavy atom. The summed E-state index contributed by atoms with van der Waals surface area (Å²) in [6.45, 7) is 1.46. The van der Waals surface area contributed by atoms with Crippen LogP contribution in [0.15, 0.2) is 27.8 Å². The summed E-state index contributed by atoms with van der Waals surface area (Å²) in [6, 6.07) is 3.71. The Bertz CT molecular complexity index is 593. The monoisotopic (exact) mass is 374 g/mol. The zero-order valence-corrected chi connectivity index (χ0v) is 12.7. The van der Waals surface area contributed by atoms with Crippen molar-refractivity contribution in [2.45, 2.75) is 13.1 Å². The molecule has 0 unspecified atom stereocenters. The van der Waals surface area contributed by atoms with Crippen LogP contribution in [0.4, 0.5) is 13.2 Å². The highest BCUT2D eigenvalue weighted by Gasteiger charge is 2.34. The molecule has 112 valence electrons. The van der Waals surface area contributed by atoms with Crippen LogP contribution in [0.3, 0.4) is 0 Å². The van der Waals surface area contributed by atoms with Gasteiger partial charge in [0, 0.05) is 10.0 Å². The molecule has 1 rings (SSSR count). The number of oxime groups is 1. The Balaban J connectivity index is 0.000000796. The lowest BCUT2D eigenvalue weighted by molar-refractivity contribution is -0.137. The number of hydrogen-bond acceptors (Lipinski definition) is 5. The summed E-state index contributed by atoms with van der Waals surface area (Å²) in [5, 5.41) is 3.51. The molecule has 0 aliphatic rings. The molecule has 0 saturated carbocycles. The molecule has 0 amide bonds. The molecule has 0 radical (unpaired) electrons. The molecular weight excluding hydrogens is 365 g/mol. The van der Waals surface area contributed by atoms with Crippen LogP contribution in [0.5, 0.6) is 0 Å². The summed E-state index contributed by atoms with van der Waals surface area (Å²) >= 11 is 3.12. The lowest BCUT2D eigenvalue weighted by Crippen LogP contribution is -2.12. The third-order valence-corrected chi connectivity index (χ3v) is 2.40. The van der Waals surface area contributed by atoms with E-state index in [1.165, 1.54) is 26.2 Å². The predicted octanol–water partition coefficient (Wildman–Crippen LogP) is 3.47. The first kappa shape index (κ1) is 18.6. The fourth-order valence-electron chi connectivity index (χ4n) is 1.25. The van der Waals surface area contributed by atoms with E-state index < -0.39 is 22.2 Å². The highest BCUT2D eigenvalue weighted by molar-refractivity contribution is 9.10. The van der Waals surface area contributed by atoms with Gasteiger partial charge in [0.25, 0.3) is 0 Å². The van der Waals surface area contributed by atoms with Crippen LogP contribution in [0.2, 0.25) is 0 Å². The van der Waals surface area contributed by atoms with Gasteiger partial charge < -0.3 is 4.84 Å². The van der Waals surface area contributed by atoms with E-state index in [-0.39, 0.29) is 11.3 Å². The Kier molecular flexibility index (Phi) is 7.43. The number of alkyl halides is 3. The summed E-state index contributed by atoms with van der Waals surface area (Å²) in [7, 11) is -1.32. The van der Waals surface area contributed by atoms with Crippen molar-refractivity contribution >= 4 is 32.1 Å². The third-order valence-electron chi connectivity index (χ3n) is 1.91. The number of benzene rings is 1. The molecule has 1 aromatic carbocycles. The highest BCUT2D eigenvalue weighted by Crippen LogP contribution is 2.33. The molecule has 0 bridgehead atoms. The molecule has 0 aliphatic carbocycles. The van der Waals surface area contributed by atoms with Gasteiger partial charge in [-0.3, -0.25) is 0 Å². The van der Waals surface area contributed by atoms with E-state index >= 15 is 0 Å². The average molecular weight is 375 g/mol. The fraction of sp³-hybridized carbons (Fsp3) is 0.300. The molecule has 20 heavy (non-hydrogen) atoms. The molecule has 0 heterocycles. The van der Waals surface area contributed by atoms with Gasteiger partial charge in [-0.2, -0.15) is 26.4 Å². The topological polar surface area (TPSA) is 79.6 Å². The van der Waals surface area contributed by atoms with Crippen molar-refractivity contribution in [3.05, 3.63) is 33.8 Å². The Morgan fingerprint density at radius 2 is 1.90 bits per heavy atom. The van der Waals surface area contributed by atoms with Gasteiger partial charge in [-0.15, -0.1) is 0 Å². The Hall–Kier alpha value is -1.42. The van der Waals surface area contributed by atoms with Crippen LogP contribution in [-0.2, 0) is 21.5 Å². The summed E-state index contributed by atoms with van der Waals surface area (Å²) < 4.78 is 61.4. The van der Waals surface area contributed by atoms with Crippen molar-refractivity contribution in [3.8, 4) is 0 Å². The van der Waals surface area contributed by atoms with Crippen molar-refractivity contribution in [3.63, 3.8) is 0 Å². The fourth-order valence-corrected chi connectivity index (χ4v) is 1.61. The van der Waals surface area contributed by atoms with E-state index in [4.69, 9.17) is 13.2 Å². The maximum atomic E-state index is 12.7. The number of halogens is 4. The van der Waals surface area contributed by atoms with Gasteiger partial charge in [0.1, 0.15) is 7.11 Å². The number of nitrogens with one attached hydrogen (secondary N) is 1. The Labute approximate surface area is 123 Å². The first-order chi connectivity index (χ1) is 9.09. The lowest BCUT2D eigenvalue weighted by atomic mass is 10.0. The number of rotatable bonds is 2. The SMILES string of the molecule is CO/N=C(\C)c1cc(Br)ccc1C(F)(F)F.N=S(=O)=O. The van der Waals surface area contributed by atoms with Gasteiger partial charge in [0.2, 0.25) is 0 Å². The van der Waals surface area contributed by atoms with Crippen molar-refractivity contribution in [2.75, 3.05) is 7.11 Å². The normalized spacial score (nSPS) is 11.4. The molecule has 0 fully saturated rings. The van der Waals surface area contributed by atoms with Crippen molar-refractivity contribution < 1.29 is 26.4 Å². The van der Waals surface area contributed by atoms with Gasteiger partial charge in [0.15, 0.2) is 0 Å². The predicted molar refractivity (Wildman–Crippen MR) is 70.0 cm³/mol. The van der Waals surface area contributed by atoms with Gasteiger partial charge in [-0.05, 0) is 25.1 Å². The van der Waals surface area contributed by atoms with Gasteiger partial charge >= 0.3 is 16.7 Å². The van der Waals surface area contributed by atoms with Gasteiger partial charge in [-0.25, -0.2) is 0 Å². The van der Waals surface area contributed by atoms with E-state index in [1.54, 1.807) is 0 Å². The number of nitrogens with zero attached hydrogens (tertiary/aromatic N) is 1. The first-order valence-electron chi connectivity index (χ1n) is 4.85.